The topological polar surface area (TPSA) is 75.7 Å². The number of hydrogen-bond donors (Lipinski definition) is 1. The molecule has 0 aliphatic carbocycles. The van der Waals surface area contributed by atoms with Gasteiger partial charge in [-0.1, -0.05) is 24.3 Å². The molecule has 7 heteroatoms. The van der Waals surface area contributed by atoms with Crippen molar-refractivity contribution in [3.05, 3.63) is 59.2 Å². The lowest BCUT2D eigenvalue weighted by Gasteiger charge is -2.30. The monoisotopic (exact) mass is 404 g/mol. The number of methoxy groups -OCH3 is 1. The highest BCUT2D eigenvalue weighted by molar-refractivity contribution is 7.92. The number of benzene rings is 2. The van der Waals surface area contributed by atoms with Crippen molar-refractivity contribution in [2.24, 2.45) is 0 Å². The van der Waals surface area contributed by atoms with E-state index in [9.17, 15) is 13.2 Å². The fourth-order valence-corrected chi connectivity index (χ4v) is 4.48. The maximum absolute atomic E-state index is 12.9. The lowest BCUT2D eigenvalue weighted by molar-refractivity contribution is -0.122. The van der Waals surface area contributed by atoms with Crippen LogP contribution in [0.3, 0.4) is 0 Å². The number of carbonyl (C=O) groups excluding carboxylic acids is 1. The molecule has 2 atom stereocenters. The molecule has 2 aromatic carbocycles. The molecule has 152 valence electrons. The number of anilines is 1. The Labute approximate surface area is 167 Å². The molecule has 0 spiro atoms. The summed E-state index contributed by atoms with van der Waals surface area (Å²) in [6.07, 6.45) is 1.11. The highest BCUT2D eigenvalue weighted by Gasteiger charge is 2.30. The molecule has 0 saturated carbocycles. The molecule has 0 aliphatic heterocycles. The van der Waals surface area contributed by atoms with E-state index in [1.807, 2.05) is 51.1 Å². The van der Waals surface area contributed by atoms with E-state index >= 15 is 0 Å². The lowest BCUT2D eigenvalue weighted by Crippen LogP contribution is -2.48. The predicted octanol–water partition coefficient (Wildman–Crippen LogP) is 3.34. The van der Waals surface area contributed by atoms with Crippen molar-refractivity contribution in [2.75, 3.05) is 17.7 Å². The molecule has 0 aliphatic rings. The van der Waals surface area contributed by atoms with Crippen LogP contribution in [0.5, 0.6) is 5.75 Å². The molecule has 6 nitrogen and oxygen atoms in total. The Bertz CT molecular complexity index is 936. The average molecular weight is 405 g/mol. The Hall–Kier alpha value is -2.54. The lowest BCUT2D eigenvalue weighted by atomic mass is 10.1. The van der Waals surface area contributed by atoms with Gasteiger partial charge < -0.3 is 10.1 Å². The molecule has 0 aromatic heterocycles. The van der Waals surface area contributed by atoms with Crippen molar-refractivity contribution in [2.45, 2.75) is 39.8 Å². The molecular formula is C21H28N2O4S. The third-order valence-corrected chi connectivity index (χ3v) is 5.76. The molecule has 0 fully saturated rings. The number of ether oxygens (including phenoxy) is 1. The van der Waals surface area contributed by atoms with E-state index in [4.69, 9.17) is 4.74 Å². The van der Waals surface area contributed by atoms with Gasteiger partial charge in [0.2, 0.25) is 15.9 Å². The normalized spacial score (nSPS) is 13.5. The zero-order valence-corrected chi connectivity index (χ0v) is 18.0. The summed E-state index contributed by atoms with van der Waals surface area (Å²) in [4.78, 5) is 12.9. The highest BCUT2D eigenvalue weighted by Crippen LogP contribution is 2.26. The summed E-state index contributed by atoms with van der Waals surface area (Å²) in [7, 11) is -2.09. The minimum Gasteiger partial charge on any atom is -0.496 e. The molecule has 0 heterocycles. The summed E-state index contributed by atoms with van der Waals surface area (Å²) < 4.78 is 31.5. The molecule has 28 heavy (non-hydrogen) atoms. The van der Waals surface area contributed by atoms with Crippen LogP contribution in [0.25, 0.3) is 0 Å². The van der Waals surface area contributed by atoms with E-state index in [-0.39, 0.29) is 11.9 Å². The average Bonchev–Trinajstić information content (AvgIpc) is 2.59. The van der Waals surface area contributed by atoms with Crippen molar-refractivity contribution < 1.29 is 17.9 Å². The van der Waals surface area contributed by atoms with E-state index in [2.05, 4.69) is 5.32 Å². The van der Waals surface area contributed by atoms with Crippen LogP contribution in [-0.4, -0.2) is 33.7 Å². The van der Waals surface area contributed by atoms with Gasteiger partial charge in [0.25, 0.3) is 0 Å². The van der Waals surface area contributed by atoms with Crippen molar-refractivity contribution in [1.82, 2.24) is 5.32 Å². The van der Waals surface area contributed by atoms with Gasteiger partial charge in [-0.2, -0.15) is 0 Å². The van der Waals surface area contributed by atoms with Crippen molar-refractivity contribution in [3.8, 4) is 5.75 Å². The maximum atomic E-state index is 12.9. The standard InChI is InChI=1S/C21H28N2O4S/c1-14-11-15(2)13-18(12-14)23(28(6,25)26)17(4)21(24)22-16(3)19-9-7-8-10-20(19)27-5/h7-13,16-17H,1-6H3,(H,22,24)/t16-,17+/m0/s1. The van der Waals surface area contributed by atoms with Gasteiger partial charge in [-0.15, -0.1) is 0 Å². The summed E-state index contributed by atoms with van der Waals surface area (Å²) >= 11 is 0. The van der Waals surface area contributed by atoms with Crippen LogP contribution in [0, 0.1) is 13.8 Å². The number of nitrogens with zero attached hydrogens (tertiary/aromatic N) is 1. The first-order chi connectivity index (χ1) is 13.0. The first kappa shape index (κ1) is 21.8. The van der Waals surface area contributed by atoms with Gasteiger partial charge >= 0.3 is 0 Å². The summed E-state index contributed by atoms with van der Waals surface area (Å²) in [6.45, 7) is 7.21. The summed E-state index contributed by atoms with van der Waals surface area (Å²) in [5.74, 6) is 0.278. The first-order valence-electron chi connectivity index (χ1n) is 9.05. The van der Waals surface area contributed by atoms with Gasteiger partial charge in [0, 0.05) is 5.56 Å². The van der Waals surface area contributed by atoms with E-state index in [0.717, 1.165) is 27.3 Å². The second kappa shape index (κ2) is 8.65. The zero-order valence-electron chi connectivity index (χ0n) is 17.2. The number of para-hydroxylation sites is 1. The number of amides is 1. The first-order valence-corrected chi connectivity index (χ1v) is 10.9. The summed E-state index contributed by atoms with van der Waals surface area (Å²) in [5, 5.41) is 2.90. The van der Waals surface area contributed by atoms with Crippen LogP contribution in [0.15, 0.2) is 42.5 Å². The molecule has 1 N–H and O–H groups in total. The quantitative estimate of drug-likeness (QED) is 0.768. The van der Waals surface area contributed by atoms with Crippen LogP contribution in [0.4, 0.5) is 5.69 Å². The number of carbonyl (C=O) groups is 1. The fraction of sp³-hybridized carbons (Fsp3) is 0.381. The highest BCUT2D eigenvalue weighted by atomic mass is 32.2. The second-order valence-electron chi connectivity index (χ2n) is 7.05. The van der Waals surface area contributed by atoms with E-state index in [1.165, 1.54) is 0 Å². The minimum absolute atomic E-state index is 0.341. The minimum atomic E-state index is -3.66. The smallest absolute Gasteiger partial charge is 0.244 e. The SMILES string of the molecule is COc1ccccc1[C@H](C)NC(=O)[C@@H](C)N(c1cc(C)cc(C)c1)S(C)(=O)=O. The van der Waals surface area contributed by atoms with E-state index in [1.54, 1.807) is 26.2 Å². The Morgan fingerprint density at radius 3 is 2.18 bits per heavy atom. The van der Waals surface area contributed by atoms with Crippen LogP contribution in [0.2, 0.25) is 0 Å². The maximum Gasteiger partial charge on any atom is 0.244 e. The number of nitrogens with one attached hydrogen (secondary N) is 1. The number of rotatable bonds is 7. The summed E-state index contributed by atoms with van der Waals surface area (Å²) in [6, 6.07) is 11.6. The van der Waals surface area contributed by atoms with E-state index in [0.29, 0.717) is 11.4 Å². The Balaban J connectivity index is 2.31. The van der Waals surface area contributed by atoms with Crippen molar-refractivity contribution in [1.29, 1.82) is 0 Å². The largest absolute Gasteiger partial charge is 0.496 e. The number of aryl methyl sites for hydroxylation is 2. The van der Waals surface area contributed by atoms with Crippen LogP contribution < -0.4 is 14.4 Å². The molecule has 2 rings (SSSR count). The van der Waals surface area contributed by atoms with Crippen LogP contribution in [0.1, 0.15) is 36.6 Å². The van der Waals surface area contributed by atoms with Gasteiger partial charge in [-0.3, -0.25) is 9.10 Å². The van der Waals surface area contributed by atoms with Crippen LogP contribution >= 0.6 is 0 Å². The van der Waals surface area contributed by atoms with E-state index < -0.39 is 16.1 Å². The van der Waals surface area contributed by atoms with Gasteiger partial charge in [0.15, 0.2) is 0 Å². The molecule has 0 unspecified atom stereocenters. The Morgan fingerprint density at radius 2 is 1.64 bits per heavy atom. The van der Waals surface area contributed by atoms with Gasteiger partial charge in [0.05, 0.1) is 25.1 Å². The Kier molecular flexibility index (Phi) is 6.72. The predicted molar refractivity (Wildman–Crippen MR) is 112 cm³/mol. The van der Waals surface area contributed by atoms with Gasteiger partial charge in [-0.05, 0) is 57.0 Å². The molecule has 2 aromatic rings. The van der Waals surface area contributed by atoms with Crippen molar-refractivity contribution >= 4 is 21.6 Å². The summed E-state index contributed by atoms with van der Waals surface area (Å²) in [5.41, 5.74) is 3.16. The molecule has 0 bridgehead atoms. The molecular weight excluding hydrogens is 376 g/mol. The fourth-order valence-electron chi connectivity index (χ4n) is 3.32. The third-order valence-electron chi connectivity index (χ3n) is 4.51. The zero-order chi connectivity index (χ0) is 21.1. The second-order valence-corrected chi connectivity index (χ2v) is 8.91. The molecule has 0 saturated heterocycles. The van der Waals surface area contributed by atoms with Gasteiger partial charge in [0.1, 0.15) is 11.8 Å². The Morgan fingerprint density at radius 1 is 1.07 bits per heavy atom. The molecule has 1 amide bonds. The molecule has 0 radical (unpaired) electrons. The number of hydrogen-bond acceptors (Lipinski definition) is 4. The van der Waals surface area contributed by atoms with Gasteiger partial charge in [-0.25, -0.2) is 8.42 Å². The van der Waals surface area contributed by atoms with Crippen molar-refractivity contribution in [3.63, 3.8) is 0 Å². The van der Waals surface area contributed by atoms with Crippen LogP contribution in [-0.2, 0) is 14.8 Å². The number of sulfonamides is 1. The third kappa shape index (κ3) is 5.04.